The van der Waals surface area contributed by atoms with Crippen LogP contribution < -0.4 is 5.32 Å². The fraction of sp³-hybridized carbons (Fsp3) is 0.500. The van der Waals surface area contributed by atoms with E-state index in [1.54, 1.807) is 26.8 Å². The van der Waals surface area contributed by atoms with Crippen LogP contribution in [0.15, 0.2) is 22.7 Å². The number of aliphatic hydroxyl groups excluding tert-OH is 2. The summed E-state index contributed by atoms with van der Waals surface area (Å²) in [4.78, 5) is 22.8. The van der Waals surface area contributed by atoms with Gasteiger partial charge in [0, 0.05) is 11.0 Å². The van der Waals surface area contributed by atoms with E-state index >= 15 is 0 Å². The maximum atomic E-state index is 11.5. The number of alkyl carbamates (subject to hydrolysis) is 1. The number of aliphatic hydroxyl groups is 2. The zero-order valence-electron chi connectivity index (χ0n) is 13.7. The molecular weight excluding hydrogens is 382 g/mol. The van der Waals surface area contributed by atoms with Gasteiger partial charge in [-0.1, -0.05) is 22.0 Å². The highest BCUT2D eigenvalue weighted by atomic mass is 79.9. The van der Waals surface area contributed by atoms with Crippen LogP contribution in [0.3, 0.4) is 0 Å². The Kier molecular flexibility index (Phi) is 7.19. The van der Waals surface area contributed by atoms with Crippen LogP contribution in [0.25, 0.3) is 0 Å². The lowest BCUT2D eigenvalue weighted by molar-refractivity contribution is 0.0115. The van der Waals surface area contributed by atoms with Crippen LogP contribution in [0, 0.1) is 0 Å². The van der Waals surface area contributed by atoms with Gasteiger partial charge in [-0.2, -0.15) is 0 Å². The molecular formula is C16H22BrNO6. The van der Waals surface area contributed by atoms with Crippen molar-refractivity contribution in [2.45, 2.75) is 45.0 Å². The van der Waals surface area contributed by atoms with Gasteiger partial charge in [0.05, 0.1) is 11.7 Å². The summed E-state index contributed by atoms with van der Waals surface area (Å²) in [6.07, 6.45) is -3.21. The number of halogens is 1. The Morgan fingerprint density at radius 1 is 1.29 bits per heavy atom. The van der Waals surface area contributed by atoms with Crippen molar-refractivity contribution in [2.24, 2.45) is 0 Å². The van der Waals surface area contributed by atoms with Crippen molar-refractivity contribution < 1.29 is 29.6 Å². The predicted molar refractivity (Wildman–Crippen MR) is 90.9 cm³/mol. The first-order chi connectivity index (χ1) is 11.0. The molecule has 0 aliphatic heterocycles. The molecule has 7 nitrogen and oxygen atoms in total. The molecule has 0 saturated heterocycles. The molecule has 1 amide bonds. The maximum absolute atomic E-state index is 11.5. The summed E-state index contributed by atoms with van der Waals surface area (Å²) in [6.45, 7) is 5.26. The summed E-state index contributed by atoms with van der Waals surface area (Å²) in [6, 6.07) is 4.37. The normalized spacial score (nSPS) is 13.9. The fourth-order valence-corrected chi connectivity index (χ4v) is 2.33. The van der Waals surface area contributed by atoms with Crippen molar-refractivity contribution in [3.8, 4) is 0 Å². The van der Waals surface area contributed by atoms with E-state index in [0.29, 0.717) is 4.47 Å². The number of hydrogen-bond acceptors (Lipinski definition) is 5. The molecule has 0 aliphatic carbocycles. The first-order valence-electron chi connectivity index (χ1n) is 7.37. The molecule has 0 aliphatic rings. The molecule has 1 aromatic rings. The molecule has 0 bridgehead atoms. The highest BCUT2D eigenvalue weighted by Crippen LogP contribution is 2.25. The lowest BCUT2D eigenvalue weighted by Gasteiger charge is -2.22. The van der Waals surface area contributed by atoms with E-state index in [1.165, 1.54) is 12.1 Å². The summed E-state index contributed by atoms with van der Waals surface area (Å²) in [5.74, 6) is -1.20. The van der Waals surface area contributed by atoms with Crippen LogP contribution in [0.1, 0.15) is 49.2 Å². The van der Waals surface area contributed by atoms with Gasteiger partial charge < -0.3 is 25.4 Å². The number of ether oxygens (including phenoxy) is 1. The maximum Gasteiger partial charge on any atom is 0.407 e. The number of benzene rings is 1. The van der Waals surface area contributed by atoms with E-state index in [-0.39, 0.29) is 24.1 Å². The molecule has 4 N–H and O–H groups in total. The standard InChI is InChI=1S/C16H22BrNO6/c1-16(2,3)24-15(23)18-7-6-12(19)13(20)10-5-4-9(17)8-11(10)14(21)22/h4-5,8,12-13,19-20H,6-7H2,1-3H3,(H,18,23)(H,21,22). The van der Waals surface area contributed by atoms with Crippen molar-refractivity contribution in [1.82, 2.24) is 5.32 Å². The van der Waals surface area contributed by atoms with Gasteiger partial charge in [-0.15, -0.1) is 0 Å². The molecule has 2 atom stereocenters. The summed E-state index contributed by atoms with van der Waals surface area (Å²) in [5, 5.41) is 31.9. The highest BCUT2D eigenvalue weighted by molar-refractivity contribution is 9.10. The average molecular weight is 404 g/mol. The average Bonchev–Trinajstić information content (AvgIpc) is 2.44. The third-order valence-corrected chi connectivity index (χ3v) is 3.53. The van der Waals surface area contributed by atoms with E-state index in [0.717, 1.165) is 0 Å². The molecule has 0 saturated carbocycles. The SMILES string of the molecule is CC(C)(C)OC(=O)NCCC(O)C(O)c1ccc(Br)cc1C(=O)O. The topological polar surface area (TPSA) is 116 Å². The van der Waals surface area contributed by atoms with Crippen LogP contribution in [0.4, 0.5) is 4.79 Å². The van der Waals surface area contributed by atoms with Crippen LogP contribution in [-0.4, -0.2) is 45.6 Å². The monoisotopic (exact) mass is 403 g/mol. The van der Waals surface area contributed by atoms with Crippen LogP contribution in [0.5, 0.6) is 0 Å². The van der Waals surface area contributed by atoms with E-state index in [1.807, 2.05) is 0 Å². The minimum absolute atomic E-state index is 0.0372. The molecule has 2 unspecified atom stereocenters. The van der Waals surface area contributed by atoms with Crippen molar-refractivity contribution in [3.63, 3.8) is 0 Å². The van der Waals surface area contributed by atoms with Gasteiger partial charge in [-0.05, 0) is 44.9 Å². The molecule has 0 aromatic heterocycles. The van der Waals surface area contributed by atoms with Gasteiger partial charge in [-0.25, -0.2) is 9.59 Å². The third-order valence-electron chi connectivity index (χ3n) is 3.04. The molecule has 8 heteroatoms. The number of aromatic carboxylic acids is 1. The van der Waals surface area contributed by atoms with E-state index < -0.39 is 29.9 Å². The van der Waals surface area contributed by atoms with Gasteiger partial charge in [0.15, 0.2) is 0 Å². The molecule has 1 aromatic carbocycles. The Bertz CT molecular complexity index is 599. The Hall–Kier alpha value is -1.64. The van der Waals surface area contributed by atoms with Gasteiger partial charge in [0.1, 0.15) is 11.7 Å². The molecule has 0 heterocycles. The highest BCUT2D eigenvalue weighted by Gasteiger charge is 2.24. The first-order valence-corrected chi connectivity index (χ1v) is 8.16. The lowest BCUT2D eigenvalue weighted by Crippen LogP contribution is -2.34. The quantitative estimate of drug-likeness (QED) is 0.579. The summed E-state index contributed by atoms with van der Waals surface area (Å²) >= 11 is 3.16. The van der Waals surface area contributed by atoms with Crippen LogP contribution in [0.2, 0.25) is 0 Å². The van der Waals surface area contributed by atoms with Crippen molar-refractivity contribution in [3.05, 3.63) is 33.8 Å². The predicted octanol–water partition coefficient (Wildman–Crippen LogP) is 2.46. The number of rotatable bonds is 6. The molecule has 0 radical (unpaired) electrons. The summed E-state index contributed by atoms with van der Waals surface area (Å²) < 4.78 is 5.60. The van der Waals surface area contributed by atoms with Crippen LogP contribution >= 0.6 is 15.9 Å². The molecule has 134 valence electrons. The number of carboxylic acid groups (broad SMARTS) is 1. The summed E-state index contributed by atoms with van der Waals surface area (Å²) in [5.41, 5.74) is -0.623. The number of carboxylic acids is 1. The number of amides is 1. The Balaban J connectivity index is 2.64. The van der Waals surface area contributed by atoms with E-state index in [4.69, 9.17) is 4.74 Å². The Labute approximate surface area is 148 Å². The summed E-state index contributed by atoms with van der Waals surface area (Å²) in [7, 11) is 0. The zero-order valence-corrected chi connectivity index (χ0v) is 15.3. The van der Waals surface area contributed by atoms with E-state index in [2.05, 4.69) is 21.2 Å². The van der Waals surface area contributed by atoms with Gasteiger partial charge in [0.25, 0.3) is 0 Å². The van der Waals surface area contributed by atoms with Crippen molar-refractivity contribution in [2.75, 3.05) is 6.54 Å². The van der Waals surface area contributed by atoms with Gasteiger partial charge in [-0.3, -0.25) is 0 Å². The lowest BCUT2D eigenvalue weighted by atomic mass is 9.97. The number of hydrogen-bond donors (Lipinski definition) is 4. The van der Waals surface area contributed by atoms with Gasteiger partial charge in [0.2, 0.25) is 0 Å². The van der Waals surface area contributed by atoms with Gasteiger partial charge >= 0.3 is 12.1 Å². The Morgan fingerprint density at radius 3 is 2.46 bits per heavy atom. The molecule has 1 rings (SSSR count). The number of carbonyl (C=O) groups is 2. The molecule has 0 spiro atoms. The third kappa shape index (κ3) is 6.46. The van der Waals surface area contributed by atoms with Crippen molar-refractivity contribution >= 4 is 28.0 Å². The number of nitrogens with one attached hydrogen (secondary N) is 1. The molecule has 0 fully saturated rings. The van der Waals surface area contributed by atoms with E-state index in [9.17, 15) is 24.9 Å². The van der Waals surface area contributed by atoms with Crippen molar-refractivity contribution in [1.29, 1.82) is 0 Å². The fourth-order valence-electron chi connectivity index (χ4n) is 1.97. The molecule has 24 heavy (non-hydrogen) atoms. The number of carbonyl (C=O) groups excluding carboxylic acids is 1. The second-order valence-electron chi connectivity index (χ2n) is 6.27. The minimum Gasteiger partial charge on any atom is -0.478 e. The first kappa shape index (κ1) is 20.4. The van der Waals surface area contributed by atoms with Crippen LogP contribution in [-0.2, 0) is 4.74 Å². The smallest absolute Gasteiger partial charge is 0.407 e. The largest absolute Gasteiger partial charge is 0.478 e. The second-order valence-corrected chi connectivity index (χ2v) is 7.18. The second kappa shape index (κ2) is 8.46. The zero-order chi connectivity index (χ0) is 18.5. The minimum atomic E-state index is -1.38. The Morgan fingerprint density at radius 2 is 1.92 bits per heavy atom.